The molecule has 0 aliphatic heterocycles. The molecule has 0 saturated heterocycles. The molecule has 7 heteroatoms. The van der Waals surface area contributed by atoms with Crippen molar-refractivity contribution in [3.8, 4) is 0 Å². The van der Waals surface area contributed by atoms with Gasteiger partial charge in [-0.25, -0.2) is 13.8 Å². The maximum absolute atomic E-state index is 12.5. The zero-order chi connectivity index (χ0) is 15.8. The van der Waals surface area contributed by atoms with Crippen LogP contribution >= 0.6 is 11.3 Å². The number of aromatic nitrogens is 1. The van der Waals surface area contributed by atoms with Crippen LogP contribution in [0, 0.1) is 0 Å². The van der Waals surface area contributed by atoms with E-state index in [0.717, 1.165) is 23.5 Å². The number of halogens is 2. The summed E-state index contributed by atoms with van der Waals surface area (Å²) in [6, 6.07) is 0. The van der Waals surface area contributed by atoms with Crippen molar-refractivity contribution >= 4 is 16.5 Å². The van der Waals surface area contributed by atoms with E-state index in [1.165, 1.54) is 16.2 Å². The molecule has 0 bridgehead atoms. The highest BCUT2D eigenvalue weighted by atomic mass is 32.1. The summed E-state index contributed by atoms with van der Waals surface area (Å²) >= 11 is 1.49. The number of methoxy groups -OCH3 is 1. The molecule has 1 N–H and O–H groups in total. The molecule has 21 heavy (non-hydrogen) atoms. The van der Waals surface area contributed by atoms with Gasteiger partial charge in [0.2, 0.25) is 0 Å². The number of alkyl halides is 2. The highest BCUT2D eigenvalue weighted by Gasteiger charge is 2.19. The fourth-order valence-electron chi connectivity index (χ4n) is 1.88. The summed E-state index contributed by atoms with van der Waals surface area (Å²) in [5, 5.41) is 3.95. The summed E-state index contributed by atoms with van der Waals surface area (Å²) in [6.45, 7) is 6.04. The molecule has 0 aromatic carbocycles. The largest absolute Gasteiger partial charge is 0.383 e. The minimum absolute atomic E-state index is 0.288. The van der Waals surface area contributed by atoms with Gasteiger partial charge in [-0.1, -0.05) is 13.8 Å². The van der Waals surface area contributed by atoms with Gasteiger partial charge in [-0.15, -0.1) is 11.3 Å². The van der Waals surface area contributed by atoms with Crippen LogP contribution < -0.4 is 10.2 Å². The normalized spacial score (nSPS) is 12.9. The van der Waals surface area contributed by atoms with Gasteiger partial charge in [0, 0.05) is 32.1 Å². The molecule has 0 aliphatic rings. The van der Waals surface area contributed by atoms with E-state index < -0.39 is 6.43 Å². The number of rotatable bonds is 10. The van der Waals surface area contributed by atoms with Crippen molar-refractivity contribution < 1.29 is 13.5 Å². The van der Waals surface area contributed by atoms with Gasteiger partial charge in [-0.3, -0.25) is 0 Å². The lowest BCUT2D eigenvalue weighted by Gasteiger charge is -2.14. The molecule has 1 rings (SSSR count). The fourth-order valence-corrected chi connectivity index (χ4v) is 3.00. The number of ether oxygens (including phenoxy) is 1. The minimum Gasteiger partial charge on any atom is -0.383 e. The van der Waals surface area contributed by atoms with Crippen molar-refractivity contribution in [1.82, 2.24) is 10.3 Å². The average molecular weight is 321 g/mol. The quantitative estimate of drug-likeness (QED) is 0.672. The van der Waals surface area contributed by atoms with Crippen LogP contribution in [0.25, 0.3) is 0 Å². The first-order valence-electron chi connectivity index (χ1n) is 7.18. The molecule has 0 fully saturated rings. The van der Waals surface area contributed by atoms with Crippen LogP contribution in [0.2, 0.25) is 0 Å². The molecule has 1 atom stereocenters. The zero-order valence-electron chi connectivity index (χ0n) is 13.2. The summed E-state index contributed by atoms with van der Waals surface area (Å²) in [5.74, 6) is 0.328. The Bertz CT molecular complexity index is 415. The Morgan fingerprint density at radius 2 is 2.14 bits per heavy atom. The van der Waals surface area contributed by atoms with Crippen LogP contribution in [0.15, 0.2) is 0 Å². The van der Waals surface area contributed by atoms with Crippen LogP contribution in [-0.4, -0.2) is 45.3 Å². The predicted molar refractivity (Wildman–Crippen MR) is 83.7 cm³/mol. The van der Waals surface area contributed by atoms with Crippen molar-refractivity contribution in [1.29, 1.82) is 0 Å². The van der Waals surface area contributed by atoms with Crippen molar-refractivity contribution in [3.63, 3.8) is 0 Å². The van der Waals surface area contributed by atoms with E-state index in [9.17, 15) is 8.78 Å². The lowest BCUT2D eigenvalue weighted by atomic mass is 10.0. The number of anilines is 1. The average Bonchev–Trinajstić information content (AvgIpc) is 2.86. The van der Waals surface area contributed by atoms with Gasteiger partial charge in [0.05, 0.1) is 18.8 Å². The van der Waals surface area contributed by atoms with Crippen LogP contribution in [0.3, 0.4) is 0 Å². The summed E-state index contributed by atoms with van der Waals surface area (Å²) in [5.41, 5.74) is 1.02. The Morgan fingerprint density at radius 1 is 1.43 bits per heavy atom. The fraction of sp³-hybridized carbons (Fsp3) is 0.786. The van der Waals surface area contributed by atoms with Gasteiger partial charge < -0.3 is 15.0 Å². The van der Waals surface area contributed by atoms with Crippen molar-refractivity contribution in [2.75, 3.05) is 38.8 Å². The second kappa shape index (κ2) is 9.27. The number of hydrogen-bond donors (Lipinski definition) is 1. The van der Waals surface area contributed by atoms with Gasteiger partial charge in [0.25, 0.3) is 6.43 Å². The monoisotopic (exact) mass is 321 g/mol. The molecule has 1 aromatic rings. The van der Waals surface area contributed by atoms with Crippen molar-refractivity contribution in [2.24, 2.45) is 0 Å². The third-order valence-corrected chi connectivity index (χ3v) is 4.49. The van der Waals surface area contributed by atoms with Crippen LogP contribution in [0.5, 0.6) is 0 Å². The van der Waals surface area contributed by atoms with Crippen LogP contribution in [0.1, 0.15) is 36.8 Å². The van der Waals surface area contributed by atoms with E-state index in [1.54, 1.807) is 14.2 Å². The van der Waals surface area contributed by atoms with Crippen LogP contribution in [-0.2, 0) is 11.3 Å². The standard InChI is InChI=1S/C14H25F2N3OS/c1-5-10(2)13-11(8-17-6-7-20-4)21-14(18-13)19(3)9-12(15)16/h10,12,17H,5-9H2,1-4H3. The van der Waals surface area contributed by atoms with Gasteiger partial charge in [0.15, 0.2) is 5.13 Å². The summed E-state index contributed by atoms with van der Waals surface area (Å²) in [4.78, 5) is 7.22. The number of thiazole rings is 1. The molecule has 1 unspecified atom stereocenters. The molecule has 122 valence electrons. The lowest BCUT2D eigenvalue weighted by Crippen LogP contribution is -2.23. The molecule has 0 spiro atoms. The smallest absolute Gasteiger partial charge is 0.255 e. The molecule has 0 radical (unpaired) electrons. The Hall–Kier alpha value is -0.790. The highest BCUT2D eigenvalue weighted by Crippen LogP contribution is 2.31. The second-order valence-corrected chi connectivity index (χ2v) is 6.12. The van der Waals surface area contributed by atoms with Gasteiger partial charge in [-0.2, -0.15) is 0 Å². The Kier molecular flexibility index (Phi) is 8.06. The van der Waals surface area contributed by atoms with Crippen LogP contribution in [0.4, 0.5) is 13.9 Å². The van der Waals surface area contributed by atoms with Gasteiger partial charge >= 0.3 is 0 Å². The topological polar surface area (TPSA) is 37.4 Å². The Labute approximate surface area is 129 Å². The van der Waals surface area contributed by atoms with E-state index in [1.807, 2.05) is 0 Å². The number of nitrogens with zero attached hydrogens (tertiary/aromatic N) is 2. The molecule has 1 aromatic heterocycles. The summed E-state index contributed by atoms with van der Waals surface area (Å²) in [6.07, 6.45) is -1.37. The van der Waals surface area contributed by atoms with Crippen molar-refractivity contribution in [3.05, 3.63) is 10.6 Å². The van der Waals surface area contributed by atoms with E-state index in [2.05, 4.69) is 24.1 Å². The second-order valence-electron chi connectivity index (χ2n) is 5.06. The number of nitrogens with one attached hydrogen (secondary N) is 1. The highest BCUT2D eigenvalue weighted by molar-refractivity contribution is 7.15. The predicted octanol–water partition coefficient (Wildman–Crippen LogP) is 3.09. The number of hydrogen-bond acceptors (Lipinski definition) is 5. The maximum Gasteiger partial charge on any atom is 0.255 e. The van der Waals surface area contributed by atoms with Gasteiger partial charge in [0.1, 0.15) is 0 Å². The van der Waals surface area contributed by atoms with E-state index in [0.29, 0.717) is 24.2 Å². The first-order valence-corrected chi connectivity index (χ1v) is 7.99. The first-order chi connectivity index (χ1) is 9.99. The molecule has 0 saturated carbocycles. The van der Waals surface area contributed by atoms with Gasteiger partial charge in [-0.05, 0) is 12.3 Å². The van der Waals surface area contributed by atoms with Crippen molar-refractivity contribution in [2.45, 2.75) is 39.2 Å². The zero-order valence-corrected chi connectivity index (χ0v) is 14.0. The third-order valence-electron chi connectivity index (χ3n) is 3.30. The third kappa shape index (κ3) is 5.84. The molecular weight excluding hydrogens is 296 g/mol. The van der Waals surface area contributed by atoms with E-state index in [-0.39, 0.29) is 6.54 Å². The summed E-state index contributed by atoms with van der Waals surface area (Å²) in [7, 11) is 3.32. The summed E-state index contributed by atoms with van der Waals surface area (Å²) < 4.78 is 30.0. The Morgan fingerprint density at radius 3 is 2.71 bits per heavy atom. The first kappa shape index (κ1) is 18.3. The SMILES string of the molecule is CCC(C)c1nc(N(C)CC(F)F)sc1CNCCOC. The molecular formula is C14H25F2N3OS. The van der Waals surface area contributed by atoms with E-state index in [4.69, 9.17) is 4.74 Å². The maximum atomic E-state index is 12.5. The molecule has 0 aliphatic carbocycles. The molecule has 1 heterocycles. The molecule has 0 amide bonds. The molecule has 4 nitrogen and oxygen atoms in total. The minimum atomic E-state index is -2.35. The Balaban J connectivity index is 2.80. The van der Waals surface area contributed by atoms with E-state index >= 15 is 0 Å². The lowest BCUT2D eigenvalue weighted by molar-refractivity contribution is 0.156.